The molecule has 71 heavy (non-hydrogen) atoms. The van der Waals surface area contributed by atoms with Gasteiger partial charge in [-0.15, -0.1) is 0 Å². The number of ether oxygens (including phenoxy) is 1. The maximum atomic E-state index is 6.95. The largest absolute Gasteiger partial charge is 0.456 e. The highest BCUT2D eigenvalue weighted by Gasteiger charge is 2.46. The van der Waals surface area contributed by atoms with Crippen LogP contribution in [0.3, 0.4) is 0 Å². The summed E-state index contributed by atoms with van der Waals surface area (Å²) >= 11 is 0. The third-order valence-corrected chi connectivity index (χ3v) is 15.5. The van der Waals surface area contributed by atoms with Gasteiger partial charge < -0.3 is 14.5 Å². The Labute approximate surface area is 415 Å². The maximum absolute atomic E-state index is 6.95. The Morgan fingerprint density at radius 3 is 1.44 bits per heavy atom. The van der Waals surface area contributed by atoms with Crippen molar-refractivity contribution in [1.82, 2.24) is 0 Å². The molecule has 1 aliphatic heterocycles. The quantitative estimate of drug-likeness (QED) is 0.151. The van der Waals surface area contributed by atoms with Crippen LogP contribution in [0, 0.1) is 0 Å². The van der Waals surface area contributed by atoms with Crippen molar-refractivity contribution in [1.29, 1.82) is 0 Å². The zero-order valence-corrected chi connectivity index (χ0v) is 39.6. The SMILES string of the molecule is CC1(C)c2ccccc2-c2ccc(N(c3ccc4c(c3)C(c3ccccc3)(c3ccccc3)c3ccccc3-4)c3ccc4c5c(cccc35)-c3cc(N(c5ccccc5)c5ccccc5)ccc3O4)cc21. The van der Waals surface area contributed by atoms with Gasteiger partial charge in [0.25, 0.3) is 0 Å². The van der Waals surface area contributed by atoms with E-state index in [1.807, 2.05) is 0 Å². The van der Waals surface area contributed by atoms with Gasteiger partial charge in [-0.2, -0.15) is 0 Å². The van der Waals surface area contributed by atoms with E-state index < -0.39 is 5.41 Å². The molecule has 11 aromatic carbocycles. The Morgan fingerprint density at radius 1 is 0.310 bits per heavy atom. The first-order valence-corrected chi connectivity index (χ1v) is 24.7. The molecule has 3 heteroatoms. The van der Waals surface area contributed by atoms with E-state index in [2.05, 4.69) is 278 Å². The summed E-state index contributed by atoms with van der Waals surface area (Å²) in [4.78, 5) is 4.82. The lowest BCUT2D eigenvalue weighted by Gasteiger charge is -2.35. The Hall–Kier alpha value is -8.92. The molecule has 336 valence electrons. The molecule has 3 aliphatic rings. The molecule has 1 heterocycles. The van der Waals surface area contributed by atoms with Gasteiger partial charge in [-0.25, -0.2) is 0 Å². The van der Waals surface area contributed by atoms with Crippen LogP contribution in [0.25, 0.3) is 44.2 Å². The smallest absolute Gasteiger partial charge is 0.136 e. The molecule has 3 nitrogen and oxygen atoms in total. The second kappa shape index (κ2) is 15.8. The minimum absolute atomic E-state index is 0.189. The summed E-state index contributed by atoms with van der Waals surface area (Å²) in [6, 6.07) is 93.4. The van der Waals surface area contributed by atoms with Crippen molar-refractivity contribution < 1.29 is 4.74 Å². The molecule has 0 spiro atoms. The van der Waals surface area contributed by atoms with E-state index in [4.69, 9.17) is 4.74 Å². The lowest BCUT2D eigenvalue weighted by Crippen LogP contribution is -2.28. The zero-order valence-electron chi connectivity index (χ0n) is 39.6. The van der Waals surface area contributed by atoms with Gasteiger partial charge in [0.1, 0.15) is 11.5 Å². The molecule has 2 aliphatic carbocycles. The number of rotatable bonds is 8. The van der Waals surface area contributed by atoms with E-state index in [-0.39, 0.29) is 5.41 Å². The number of nitrogens with zero attached hydrogens (tertiary/aromatic N) is 2. The van der Waals surface area contributed by atoms with Gasteiger partial charge in [0.05, 0.1) is 11.1 Å². The Kier molecular flexibility index (Phi) is 9.15. The second-order valence-electron chi connectivity index (χ2n) is 19.6. The van der Waals surface area contributed by atoms with Gasteiger partial charge >= 0.3 is 0 Å². The van der Waals surface area contributed by atoms with Crippen LogP contribution >= 0.6 is 0 Å². The summed E-state index contributed by atoms with van der Waals surface area (Å²) in [5, 5.41) is 2.21. The Balaban J connectivity index is 1.00. The number of hydrogen-bond acceptors (Lipinski definition) is 3. The van der Waals surface area contributed by atoms with Crippen LogP contribution in [0.1, 0.15) is 47.2 Å². The Morgan fingerprint density at radius 2 is 0.789 bits per heavy atom. The highest BCUT2D eigenvalue weighted by atomic mass is 16.5. The van der Waals surface area contributed by atoms with Crippen molar-refractivity contribution in [2.45, 2.75) is 24.7 Å². The lowest BCUT2D eigenvalue weighted by atomic mass is 9.67. The van der Waals surface area contributed by atoms with Crippen molar-refractivity contribution in [3.63, 3.8) is 0 Å². The Bertz CT molecular complexity index is 3800. The molecule has 0 N–H and O–H groups in total. The standard InChI is InChI=1S/C68H48N2O/c1-67(2)59-32-17-15-28-52(59)54-37-34-50(43-61(54)67)70(51-35-38-55-53-29-16-18-33-60(53)68(62(55)44-51,45-20-7-3-8-21-45)46-22-9-4-10-23-46)63-39-41-65-66-56(30-19-31-57(63)66)58-42-49(36-40-64(58)71-65)69(47-24-11-5-12-25-47)48-26-13-6-14-27-48/h3-44H,1-2H3. The van der Waals surface area contributed by atoms with Gasteiger partial charge in [0.15, 0.2) is 0 Å². The molecule has 14 rings (SSSR count). The van der Waals surface area contributed by atoms with E-state index in [1.165, 1.54) is 55.6 Å². The van der Waals surface area contributed by atoms with Crippen LogP contribution in [-0.4, -0.2) is 0 Å². The zero-order chi connectivity index (χ0) is 47.3. The summed E-state index contributed by atoms with van der Waals surface area (Å²) < 4.78 is 6.95. The molecule has 0 atom stereocenters. The van der Waals surface area contributed by atoms with Crippen molar-refractivity contribution in [3.8, 4) is 44.9 Å². The van der Waals surface area contributed by atoms with Crippen molar-refractivity contribution >= 4 is 44.9 Å². The van der Waals surface area contributed by atoms with Crippen molar-refractivity contribution in [3.05, 3.63) is 288 Å². The summed E-state index contributed by atoms with van der Waals surface area (Å²) in [5.74, 6) is 1.70. The average molecular weight is 909 g/mol. The molecular formula is C68H48N2O. The average Bonchev–Trinajstić information content (AvgIpc) is 3.86. The fourth-order valence-corrected chi connectivity index (χ4v) is 12.4. The first-order chi connectivity index (χ1) is 35.0. The van der Waals surface area contributed by atoms with E-state index in [0.717, 1.165) is 67.5 Å². The molecule has 0 saturated carbocycles. The number of para-hydroxylation sites is 2. The molecule has 0 aromatic heterocycles. The van der Waals surface area contributed by atoms with Crippen LogP contribution in [0.4, 0.5) is 34.1 Å². The third kappa shape index (κ3) is 6.09. The molecule has 0 fully saturated rings. The number of hydrogen-bond donors (Lipinski definition) is 0. The lowest BCUT2D eigenvalue weighted by molar-refractivity contribution is 0.487. The van der Waals surface area contributed by atoms with Gasteiger partial charge in [-0.1, -0.05) is 190 Å². The fourth-order valence-electron chi connectivity index (χ4n) is 12.4. The summed E-state index contributed by atoms with van der Waals surface area (Å²) in [5.41, 5.74) is 20.8. The molecule has 0 amide bonds. The van der Waals surface area contributed by atoms with Gasteiger partial charge in [0, 0.05) is 50.2 Å². The molecular weight excluding hydrogens is 861 g/mol. The topological polar surface area (TPSA) is 15.7 Å². The predicted molar refractivity (Wildman–Crippen MR) is 294 cm³/mol. The second-order valence-corrected chi connectivity index (χ2v) is 19.6. The van der Waals surface area contributed by atoms with Crippen molar-refractivity contribution in [2.24, 2.45) is 0 Å². The molecule has 0 radical (unpaired) electrons. The van der Waals surface area contributed by atoms with Crippen LogP contribution < -0.4 is 14.5 Å². The van der Waals surface area contributed by atoms with E-state index in [0.29, 0.717) is 0 Å². The molecule has 0 saturated heterocycles. The number of benzene rings is 11. The summed E-state index contributed by atoms with van der Waals surface area (Å²) in [7, 11) is 0. The summed E-state index contributed by atoms with van der Waals surface area (Å²) in [6.07, 6.45) is 0. The molecule has 0 unspecified atom stereocenters. The number of anilines is 6. The predicted octanol–water partition coefficient (Wildman–Crippen LogP) is 18.2. The molecule has 11 aromatic rings. The van der Waals surface area contributed by atoms with E-state index in [1.54, 1.807) is 0 Å². The van der Waals surface area contributed by atoms with E-state index >= 15 is 0 Å². The summed E-state index contributed by atoms with van der Waals surface area (Å²) in [6.45, 7) is 4.74. The first-order valence-electron chi connectivity index (χ1n) is 24.7. The van der Waals surface area contributed by atoms with Gasteiger partial charge in [-0.05, 0) is 140 Å². The highest BCUT2D eigenvalue weighted by molar-refractivity contribution is 6.11. The molecule has 0 bridgehead atoms. The van der Waals surface area contributed by atoms with Crippen LogP contribution in [0.2, 0.25) is 0 Å². The van der Waals surface area contributed by atoms with Gasteiger partial charge in [0.2, 0.25) is 0 Å². The van der Waals surface area contributed by atoms with Crippen LogP contribution in [-0.2, 0) is 10.8 Å². The minimum atomic E-state index is -0.555. The minimum Gasteiger partial charge on any atom is -0.456 e. The normalized spacial score (nSPS) is 13.8. The first kappa shape index (κ1) is 41.1. The highest BCUT2D eigenvalue weighted by Crippen LogP contribution is 2.59. The maximum Gasteiger partial charge on any atom is 0.136 e. The van der Waals surface area contributed by atoms with Gasteiger partial charge in [-0.3, -0.25) is 0 Å². The van der Waals surface area contributed by atoms with E-state index in [9.17, 15) is 0 Å². The van der Waals surface area contributed by atoms with Crippen molar-refractivity contribution in [2.75, 3.05) is 9.80 Å². The van der Waals surface area contributed by atoms with Crippen LogP contribution in [0.5, 0.6) is 11.5 Å². The monoisotopic (exact) mass is 908 g/mol. The number of fused-ring (bicyclic) bond motifs is 8. The van der Waals surface area contributed by atoms with Crippen LogP contribution in [0.15, 0.2) is 255 Å². The fraction of sp³-hybridized carbons (Fsp3) is 0.0588. The third-order valence-electron chi connectivity index (χ3n) is 15.5.